The van der Waals surface area contributed by atoms with E-state index in [4.69, 9.17) is 10.4 Å². The minimum Gasteiger partial charge on any atom is -0.411 e. The van der Waals surface area contributed by atoms with Crippen molar-refractivity contribution in [2.75, 3.05) is 0 Å². The molecule has 3 N–H and O–H groups in total. The monoisotopic (exact) mass is 216 g/mol. The van der Waals surface area contributed by atoms with Gasteiger partial charge < -0.3 is 10.4 Å². The molecule has 1 aromatic carbocycles. The van der Waals surface area contributed by atoms with Crippen molar-refractivity contribution in [1.82, 2.24) is 5.48 Å². The lowest BCUT2D eigenvalue weighted by Crippen LogP contribution is -2.32. The molecule has 0 fully saturated rings. The number of benzene rings is 1. The van der Waals surface area contributed by atoms with Gasteiger partial charge in [0.1, 0.15) is 17.3 Å². The summed E-state index contributed by atoms with van der Waals surface area (Å²) in [7, 11) is 0. The zero-order chi connectivity index (χ0) is 11.4. The molecule has 1 aromatic rings. The van der Waals surface area contributed by atoms with Crippen LogP contribution in [-0.2, 0) is 0 Å². The molecule has 82 valence electrons. The summed E-state index contributed by atoms with van der Waals surface area (Å²) in [5, 5.41) is 20.1. The Morgan fingerprint density at radius 2 is 2.13 bits per heavy atom. The highest BCUT2D eigenvalue weighted by atomic mass is 19.1. The van der Waals surface area contributed by atoms with Gasteiger partial charge in [-0.3, -0.25) is 0 Å². The third-order valence-corrected chi connectivity index (χ3v) is 1.92. The molecule has 0 spiro atoms. The van der Waals surface area contributed by atoms with Gasteiger partial charge in [0.15, 0.2) is 0 Å². The van der Waals surface area contributed by atoms with Crippen LogP contribution in [0.25, 0.3) is 0 Å². The molecule has 0 bridgehead atoms. The number of halogens is 2. The molecule has 15 heavy (non-hydrogen) atoms. The third-order valence-electron chi connectivity index (χ3n) is 1.92. The van der Waals surface area contributed by atoms with E-state index in [-0.39, 0.29) is 11.3 Å². The first-order chi connectivity index (χ1) is 7.10. The number of rotatable bonds is 3. The van der Waals surface area contributed by atoms with Gasteiger partial charge in [0.05, 0.1) is 6.04 Å². The maximum absolute atomic E-state index is 13.2. The quantitative estimate of drug-likeness (QED) is 0.407. The number of oxime groups is 1. The van der Waals surface area contributed by atoms with Gasteiger partial charge in [-0.15, -0.1) is 0 Å². The summed E-state index contributed by atoms with van der Waals surface area (Å²) in [6.45, 7) is 1.46. The molecular weight excluding hydrogens is 206 g/mol. The van der Waals surface area contributed by atoms with Gasteiger partial charge in [-0.2, -0.15) is 5.48 Å². The lowest BCUT2D eigenvalue weighted by molar-refractivity contribution is 0.154. The molecule has 0 aliphatic carbocycles. The fraction of sp³-hybridized carbons (Fsp3) is 0.222. The van der Waals surface area contributed by atoms with Crippen molar-refractivity contribution in [3.8, 4) is 0 Å². The fourth-order valence-corrected chi connectivity index (χ4v) is 1.13. The molecule has 1 atom stereocenters. The highest BCUT2D eigenvalue weighted by Gasteiger charge is 2.17. The molecule has 0 amide bonds. The first-order valence-corrected chi connectivity index (χ1v) is 4.17. The SMILES string of the molecule is CC(NO)/C(=N/O)c1ccc(F)cc1F. The Morgan fingerprint density at radius 1 is 1.47 bits per heavy atom. The Balaban J connectivity index is 3.14. The van der Waals surface area contributed by atoms with Crippen LogP contribution in [0.5, 0.6) is 0 Å². The molecule has 0 aromatic heterocycles. The van der Waals surface area contributed by atoms with Gasteiger partial charge in [0, 0.05) is 11.6 Å². The van der Waals surface area contributed by atoms with Gasteiger partial charge in [0.2, 0.25) is 0 Å². The van der Waals surface area contributed by atoms with E-state index < -0.39 is 17.7 Å². The maximum Gasteiger partial charge on any atom is 0.135 e. The van der Waals surface area contributed by atoms with Crippen molar-refractivity contribution in [1.29, 1.82) is 0 Å². The molecule has 0 aliphatic heterocycles. The molecule has 1 rings (SSSR count). The molecular formula is C9H10F2N2O2. The maximum atomic E-state index is 13.2. The average molecular weight is 216 g/mol. The van der Waals surface area contributed by atoms with Gasteiger partial charge in [-0.05, 0) is 19.1 Å². The molecule has 0 radical (unpaired) electrons. The lowest BCUT2D eigenvalue weighted by Gasteiger charge is -2.11. The van der Waals surface area contributed by atoms with Crippen LogP contribution in [0.3, 0.4) is 0 Å². The third kappa shape index (κ3) is 2.48. The Morgan fingerprint density at radius 3 is 2.60 bits per heavy atom. The molecule has 6 heteroatoms. The highest BCUT2D eigenvalue weighted by Crippen LogP contribution is 2.12. The second kappa shape index (κ2) is 4.81. The van der Waals surface area contributed by atoms with Crippen molar-refractivity contribution >= 4 is 5.71 Å². The van der Waals surface area contributed by atoms with Crippen molar-refractivity contribution in [2.24, 2.45) is 5.16 Å². The van der Waals surface area contributed by atoms with Crippen molar-refractivity contribution in [2.45, 2.75) is 13.0 Å². The van der Waals surface area contributed by atoms with Crippen LogP contribution in [0.1, 0.15) is 12.5 Å². The predicted molar refractivity (Wildman–Crippen MR) is 49.1 cm³/mol. The molecule has 0 saturated heterocycles. The molecule has 0 heterocycles. The lowest BCUT2D eigenvalue weighted by atomic mass is 10.0. The Kier molecular flexibility index (Phi) is 3.70. The fourth-order valence-electron chi connectivity index (χ4n) is 1.13. The zero-order valence-corrected chi connectivity index (χ0v) is 7.91. The molecule has 0 aliphatic rings. The Labute approximate surface area is 84.8 Å². The van der Waals surface area contributed by atoms with E-state index in [1.165, 1.54) is 6.92 Å². The van der Waals surface area contributed by atoms with Crippen LogP contribution in [0.2, 0.25) is 0 Å². The van der Waals surface area contributed by atoms with Crippen molar-refractivity contribution in [3.63, 3.8) is 0 Å². The Bertz CT molecular complexity index is 382. The van der Waals surface area contributed by atoms with E-state index in [1.54, 1.807) is 5.48 Å². The molecule has 4 nitrogen and oxygen atoms in total. The summed E-state index contributed by atoms with van der Waals surface area (Å²) in [5.74, 6) is -1.58. The minimum absolute atomic E-state index is 0.0760. The minimum atomic E-state index is -0.857. The van der Waals surface area contributed by atoms with E-state index >= 15 is 0 Å². The standard InChI is InChI=1S/C9H10F2N2O2/c1-5(12-14)9(13-15)7-3-2-6(10)4-8(7)11/h2-5,12,14-15H,1H3/b13-9-. The highest BCUT2D eigenvalue weighted by molar-refractivity contribution is 6.03. The van der Waals surface area contributed by atoms with Gasteiger partial charge in [-0.25, -0.2) is 8.78 Å². The van der Waals surface area contributed by atoms with Crippen molar-refractivity contribution in [3.05, 3.63) is 35.4 Å². The molecule has 1 unspecified atom stereocenters. The zero-order valence-electron chi connectivity index (χ0n) is 7.91. The van der Waals surface area contributed by atoms with Gasteiger partial charge >= 0.3 is 0 Å². The summed E-state index contributed by atoms with van der Waals surface area (Å²) in [6, 6.07) is 2.07. The van der Waals surface area contributed by atoms with Crippen LogP contribution >= 0.6 is 0 Å². The number of nitrogens with zero attached hydrogens (tertiary/aromatic N) is 1. The van der Waals surface area contributed by atoms with E-state index in [1.807, 2.05) is 0 Å². The number of hydroxylamine groups is 1. The summed E-state index contributed by atoms with van der Waals surface area (Å²) < 4.78 is 25.8. The van der Waals surface area contributed by atoms with E-state index in [0.717, 1.165) is 12.1 Å². The van der Waals surface area contributed by atoms with Crippen molar-refractivity contribution < 1.29 is 19.2 Å². The van der Waals surface area contributed by atoms with Crippen LogP contribution in [0.15, 0.2) is 23.4 Å². The first kappa shape index (κ1) is 11.5. The largest absolute Gasteiger partial charge is 0.411 e. The topological polar surface area (TPSA) is 64.8 Å². The second-order valence-electron chi connectivity index (χ2n) is 2.96. The van der Waals surface area contributed by atoms with Gasteiger partial charge in [0.25, 0.3) is 0 Å². The van der Waals surface area contributed by atoms with E-state index in [0.29, 0.717) is 6.07 Å². The van der Waals surface area contributed by atoms with Crippen LogP contribution in [0.4, 0.5) is 8.78 Å². The number of hydrogen-bond acceptors (Lipinski definition) is 4. The summed E-state index contributed by atoms with van der Waals surface area (Å²) in [4.78, 5) is 0. The second-order valence-corrected chi connectivity index (χ2v) is 2.96. The number of nitrogens with one attached hydrogen (secondary N) is 1. The summed E-state index contributed by atoms with van der Waals surface area (Å²) >= 11 is 0. The average Bonchev–Trinajstić information content (AvgIpc) is 2.21. The van der Waals surface area contributed by atoms with Crippen LogP contribution < -0.4 is 5.48 Å². The van der Waals surface area contributed by atoms with Crippen LogP contribution in [0, 0.1) is 11.6 Å². The van der Waals surface area contributed by atoms with E-state index in [2.05, 4.69) is 5.16 Å². The predicted octanol–water partition coefficient (Wildman–Crippen LogP) is 1.51. The first-order valence-electron chi connectivity index (χ1n) is 4.17. The summed E-state index contributed by atoms with van der Waals surface area (Å²) in [6.07, 6.45) is 0. The van der Waals surface area contributed by atoms with E-state index in [9.17, 15) is 8.78 Å². The molecule has 0 saturated carbocycles. The normalized spacial score (nSPS) is 14.0. The van der Waals surface area contributed by atoms with Crippen LogP contribution in [-0.4, -0.2) is 22.2 Å². The number of hydrogen-bond donors (Lipinski definition) is 3. The summed E-state index contributed by atoms with van der Waals surface area (Å²) in [5.41, 5.74) is 1.61. The van der Waals surface area contributed by atoms with Gasteiger partial charge in [-0.1, -0.05) is 5.16 Å². The Hall–Kier alpha value is -1.53. The smallest absolute Gasteiger partial charge is 0.135 e.